The maximum absolute atomic E-state index is 12.0. The maximum Gasteiger partial charge on any atom is 0.338 e. The molecule has 28 heavy (non-hydrogen) atoms. The van der Waals surface area contributed by atoms with Gasteiger partial charge in [0.15, 0.2) is 6.61 Å². The van der Waals surface area contributed by atoms with Crippen molar-refractivity contribution in [3.63, 3.8) is 0 Å². The molecule has 0 aromatic heterocycles. The number of benzene rings is 2. The average Bonchev–Trinajstić information content (AvgIpc) is 2.70. The summed E-state index contributed by atoms with van der Waals surface area (Å²) in [6.07, 6.45) is 0. The van der Waals surface area contributed by atoms with Gasteiger partial charge in [0.2, 0.25) is 10.0 Å². The van der Waals surface area contributed by atoms with Crippen molar-refractivity contribution < 1.29 is 27.5 Å². The molecule has 0 atom stereocenters. The average molecular weight is 406 g/mol. The quantitative estimate of drug-likeness (QED) is 0.455. The maximum atomic E-state index is 12.0. The molecule has 0 aliphatic heterocycles. The van der Waals surface area contributed by atoms with Crippen LogP contribution in [0.1, 0.15) is 17.3 Å². The van der Waals surface area contributed by atoms with Gasteiger partial charge in [-0.05, 0) is 36.4 Å². The minimum Gasteiger partial charge on any atom is -0.492 e. The van der Waals surface area contributed by atoms with Crippen LogP contribution in [0.4, 0.5) is 0 Å². The molecule has 0 fully saturated rings. The van der Waals surface area contributed by atoms with E-state index in [-0.39, 0.29) is 30.2 Å². The number of carbonyl (C=O) groups excluding carboxylic acids is 2. The molecule has 2 aromatic carbocycles. The van der Waals surface area contributed by atoms with Crippen LogP contribution in [0.5, 0.6) is 5.75 Å². The van der Waals surface area contributed by atoms with Gasteiger partial charge in [0.25, 0.3) is 5.91 Å². The first-order chi connectivity index (χ1) is 13.4. The van der Waals surface area contributed by atoms with Gasteiger partial charge in [-0.15, -0.1) is 0 Å². The Labute approximate surface area is 163 Å². The van der Waals surface area contributed by atoms with Crippen LogP contribution in [0.15, 0.2) is 59.5 Å². The summed E-state index contributed by atoms with van der Waals surface area (Å²) < 4.78 is 36.4. The van der Waals surface area contributed by atoms with E-state index in [1.165, 1.54) is 24.3 Å². The zero-order chi connectivity index (χ0) is 20.4. The second kappa shape index (κ2) is 10.4. The van der Waals surface area contributed by atoms with Gasteiger partial charge < -0.3 is 14.8 Å². The summed E-state index contributed by atoms with van der Waals surface area (Å²) >= 11 is 0. The number of ether oxygens (including phenoxy) is 2. The molecular weight excluding hydrogens is 384 g/mol. The Bertz CT molecular complexity index is 882. The first kappa shape index (κ1) is 21.4. The lowest BCUT2D eigenvalue weighted by atomic mass is 10.2. The number of esters is 1. The number of sulfonamides is 1. The molecule has 0 spiro atoms. The van der Waals surface area contributed by atoms with Crippen LogP contribution in [0.25, 0.3) is 0 Å². The van der Waals surface area contributed by atoms with Crippen LogP contribution in [0.3, 0.4) is 0 Å². The first-order valence-electron chi connectivity index (χ1n) is 8.64. The Morgan fingerprint density at radius 2 is 1.68 bits per heavy atom. The van der Waals surface area contributed by atoms with E-state index in [0.29, 0.717) is 5.75 Å². The molecule has 8 nitrogen and oxygen atoms in total. The van der Waals surface area contributed by atoms with Gasteiger partial charge in [-0.25, -0.2) is 17.9 Å². The highest BCUT2D eigenvalue weighted by molar-refractivity contribution is 7.89. The van der Waals surface area contributed by atoms with Crippen molar-refractivity contribution in [2.75, 3.05) is 26.3 Å². The Morgan fingerprint density at radius 1 is 1.00 bits per heavy atom. The Morgan fingerprint density at radius 3 is 2.32 bits per heavy atom. The van der Waals surface area contributed by atoms with E-state index in [1.54, 1.807) is 19.1 Å². The highest BCUT2D eigenvalue weighted by Crippen LogP contribution is 2.11. The van der Waals surface area contributed by atoms with E-state index < -0.39 is 28.5 Å². The molecule has 0 aliphatic carbocycles. The third-order valence-corrected chi connectivity index (χ3v) is 5.07. The van der Waals surface area contributed by atoms with Crippen LogP contribution in [-0.2, 0) is 19.6 Å². The lowest BCUT2D eigenvalue weighted by molar-refractivity contribution is -0.124. The Hall–Kier alpha value is -2.91. The molecule has 0 bridgehead atoms. The second-order valence-electron chi connectivity index (χ2n) is 5.61. The van der Waals surface area contributed by atoms with E-state index in [0.717, 1.165) is 0 Å². The molecule has 0 saturated carbocycles. The molecule has 0 unspecified atom stereocenters. The number of nitrogens with one attached hydrogen (secondary N) is 2. The van der Waals surface area contributed by atoms with Gasteiger partial charge in [-0.2, -0.15) is 0 Å². The van der Waals surface area contributed by atoms with Gasteiger partial charge in [0, 0.05) is 6.54 Å². The van der Waals surface area contributed by atoms with Crippen molar-refractivity contribution in [2.24, 2.45) is 0 Å². The molecule has 0 saturated heterocycles. The highest BCUT2D eigenvalue weighted by Gasteiger charge is 2.15. The predicted octanol–water partition coefficient (Wildman–Crippen LogP) is 1.34. The topological polar surface area (TPSA) is 111 Å². The Balaban J connectivity index is 1.73. The van der Waals surface area contributed by atoms with Crippen molar-refractivity contribution >= 4 is 21.9 Å². The predicted molar refractivity (Wildman–Crippen MR) is 103 cm³/mol. The van der Waals surface area contributed by atoms with Crippen LogP contribution in [0.2, 0.25) is 0 Å². The fourth-order valence-corrected chi connectivity index (χ4v) is 3.23. The number of hydrogen-bond donors (Lipinski definition) is 2. The molecule has 0 aliphatic rings. The number of carbonyl (C=O) groups is 2. The van der Waals surface area contributed by atoms with Gasteiger partial charge >= 0.3 is 5.97 Å². The molecular formula is C19H22N2O6S. The highest BCUT2D eigenvalue weighted by atomic mass is 32.2. The van der Waals surface area contributed by atoms with Gasteiger partial charge in [-0.3, -0.25) is 4.79 Å². The molecule has 0 heterocycles. The summed E-state index contributed by atoms with van der Waals surface area (Å²) in [6.45, 7) is 2.04. The lowest BCUT2D eigenvalue weighted by Gasteiger charge is -2.09. The molecule has 1 amide bonds. The number of amides is 1. The minimum absolute atomic E-state index is 0.0436. The van der Waals surface area contributed by atoms with E-state index in [2.05, 4.69) is 10.0 Å². The van der Waals surface area contributed by atoms with Crippen molar-refractivity contribution in [1.82, 2.24) is 10.0 Å². The summed E-state index contributed by atoms with van der Waals surface area (Å²) in [5.74, 6) is -0.484. The van der Waals surface area contributed by atoms with Crippen molar-refractivity contribution in [1.29, 1.82) is 0 Å². The van der Waals surface area contributed by atoms with Crippen LogP contribution in [0, 0.1) is 0 Å². The zero-order valence-corrected chi connectivity index (χ0v) is 16.2. The summed E-state index contributed by atoms with van der Waals surface area (Å²) in [5, 5.41) is 2.57. The monoisotopic (exact) mass is 406 g/mol. The van der Waals surface area contributed by atoms with E-state index in [4.69, 9.17) is 9.47 Å². The number of hydrogen-bond acceptors (Lipinski definition) is 6. The van der Waals surface area contributed by atoms with E-state index >= 15 is 0 Å². The van der Waals surface area contributed by atoms with Gasteiger partial charge in [0.1, 0.15) is 12.4 Å². The van der Waals surface area contributed by atoms with Crippen LogP contribution in [-0.4, -0.2) is 46.6 Å². The third kappa shape index (κ3) is 6.67. The van der Waals surface area contributed by atoms with E-state index in [9.17, 15) is 18.0 Å². The zero-order valence-electron chi connectivity index (χ0n) is 15.4. The summed E-state index contributed by atoms with van der Waals surface area (Å²) in [7, 11) is -3.59. The third-order valence-electron chi connectivity index (χ3n) is 3.51. The first-order valence-corrected chi connectivity index (χ1v) is 10.1. The largest absolute Gasteiger partial charge is 0.492 e. The van der Waals surface area contributed by atoms with Gasteiger partial charge in [0.05, 0.1) is 17.0 Å². The van der Waals surface area contributed by atoms with Crippen molar-refractivity contribution in [3.05, 3.63) is 60.2 Å². The fraction of sp³-hybridized carbons (Fsp3) is 0.263. The van der Waals surface area contributed by atoms with E-state index in [1.807, 2.05) is 18.2 Å². The Kier molecular flexibility index (Phi) is 7.97. The van der Waals surface area contributed by atoms with Crippen LogP contribution < -0.4 is 14.8 Å². The van der Waals surface area contributed by atoms with Gasteiger partial charge in [-0.1, -0.05) is 25.1 Å². The molecule has 2 rings (SSSR count). The molecule has 0 radical (unpaired) electrons. The molecule has 150 valence electrons. The second-order valence-corrected chi connectivity index (χ2v) is 7.38. The molecule has 2 N–H and O–H groups in total. The normalized spacial score (nSPS) is 10.9. The smallest absolute Gasteiger partial charge is 0.338 e. The molecule has 2 aromatic rings. The summed E-state index contributed by atoms with van der Waals surface area (Å²) in [5.41, 5.74) is 0.149. The minimum atomic E-state index is -3.59. The van der Waals surface area contributed by atoms with Crippen molar-refractivity contribution in [3.8, 4) is 5.75 Å². The fourth-order valence-electron chi connectivity index (χ4n) is 2.19. The number of para-hydroxylation sites is 1. The van der Waals surface area contributed by atoms with Crippen LogP contribution >= 0.6 is 0 Å². The standard InChI is InChI=1S/C19H22N2O6S/c1-2-21-28(24,25)17-10-8-15(9-11-17)19(23)27-14-18(22)20-12-13-26-16-6-4-3-5-7-16/h3-11,21H,2,12-14H2,1H3,(H,20,22). The lowest BCUT2D eigenvalue weighted by Crippen LogP contribution is -2.32. The van der Waals surface area contributed by atoms with Crippen molar-refractivity contribution in [2.45, 2.75) is 11.8 Å². The summed E-state index contributed by atoms with van der Waals surface area (Å²) in [4.78, 5) is 23.7. The summed E-state index contributed by atoms with van der Waals surface area (Å²) in [6, 6.07) is 14.4. The molecule has 9 heteroatoms. The SMILES string of the molecule is CCNS(=O)(=O)c1ccc(C(=O)OCC(=O)NCCOc2ccccc2)cc1. The number of rotatable bonds is 10.